The Morgan fingerprint density at radius 3 is 2.31 bits per heavy atom. The third-order valence-corrected chi connectivity index (χ3v) is 7.98. The number of carbonyl (C=O) groups is 4. The number of phenolic OH excluding ortho intramolecular Hbond substituents is 3. The van der Waals surface area contributed by atoms with Crippen molar-refractivity contribution in [3.63, 3.8) is 0 Å². The molecule has 0 saturated carbocycles. The second-order valence-electron chi connectivity index (χ2n) is 10.2. The molecule has 0 unspecified atom stereocenters. The molecule has 4 N–H and O–H groups in total. The summed E-state index contributed by atoms with van der Waals surface area (Å²) in [6, 6.07) is 3.27. The van der Waals surface area contributed by atoms with Crippen molar-refractivity contribution in [2.75, 3.05) is 6.61 Å². The Bertz CT molecular complexity index is 1990. The zero-order valence-corrected chi connectivity index (χ0v) is 22.2. The first-order valence-corrected chi connectivity index (χ1v) is 13.1. The van der Waals surface area contributed by atoms with Gasteiger partial charge in [-0.15, -0.1) is 0 Å². The molecule has 1 heterocycles. The minimum atomic E-state index is -2.09. The summed E-state index contributed by atoms with van der Waals surface area (Å²) in [6.45, 7) is 5.18. The van der Waals surface area contributed by atoms with Gasteiger partial charge in [-0.25, -0.2) is 0 Å². The predicted molar refractivity (Wildman–Crippen MR) is 151 cm³/mol. The van der Waals surface area contributed by atoms with E-state index >= 15 is 0 Å². The number of phenols is 3. The maximum atomic E-state index is 14.1. The first kappa shape index (κ1) is 26.7. The van der Waals surface area contributed by atoms with Crippen molar-refractivity contribution in [1.82, 2.24) is 4.98 Å². The van der Waals surface area contributed by atoms with Crippen LogP contribution in [-0.2, 0) is 16.6 Å². The summed E-state index contributed by atoms with van der Waals surface area (Å²) in [5, 5.41) is 34.0. The molecule has 10 heteroatoms. The molecule has 2 aromatic carbocycles. The number of pyridine rings is 1. The van der Waals surface area contributed by atoms with E-state index in [1.54, 1.807) is 30.4 Å². The standard InChI is InChI=1S/C32H23NO9/c1-3-5-6-7-16-12-15-11-14-8-9-32(24(14)28(38)19(15)31(41)33-16)29(39)22-23(30(32)40)27(37)21-20(26(22)36)17(34)13-18(25(21)35)42-10-4-2/h3-7,11-13,36-38H,2,8-10H2,1H3,(H,33,41)/b5-3+,7-6+/t32-/m0/s1. The lowest BCUT2D eigenvalue weighted by atomic mass is 9.76. The fourth-order valence-corrected chi connectivity index (χ4v) is 6.22. The second-order valence-corrected chi connectivity index (χ2v) is 10.2. The third kappa shape index (κ3) is 3.35. The van der Waals surface area contributed by atoms with Gasteiger partial charge in [0.05, 0.1) is 27.6 Å². The normalized spacial score (nSPS) is 19.2. The molecule has 210 valence electrons. The van der Waals surface area contributed by atoms with Crippen LogP contribution in [0.25, 0.3) is 16.8 Å². The number of benzene rings is 2. The molecule has 1 spiro atoms. The maximum Gasteiger partial charge on any atom is 0.260 e. The number of ether oxygens (including phenoxy) is 1. The number of aryl methyl sites for hydroxylation is 1. The smallest absolute Gasteiger partial charge is 0.260 e. The number of rotatable bonds is 5. The molecule has 42 heavy (non-hydrogen) atoms. The van der Waals surface area contributed by atoms with Crippen molar-refractivity contribution in [1.29, 1.82) is 0 Å². The van der Waals surface area contributed by atoms with E-state index in [9.17, 15) is 39.3 Å². The summed E-state index contributed by atoms with van der Waals surface area (Å²) >= 11 is 0. The Morgan fingerprint density at radius 2 is 1.64 bits per heavy atom. The van der Waals surface area contributed by atoms with Gasteiger partial charge in [0.1, 0.15) is 29.3 Å². The van der Waals surface area contributed by atoms with Crippen LogP contribution in [0, 0.1) is 0 Å². The first-order valence-electron chi connectivity index (χ1n) is 13.1. The number of aromatic hydroxyl groups is 3. The molecule has 3 aliphatic rings. The van der Waals surface area contributed by atoms with E-state index in [1.807, 2.05) is 13.0 Å². The van der Waals surface area contributed by atoms with Crippen LogP contribution < -0.4 is 5.56 Å². The molecule has 3 aliphatic carbocycles. The van der Waals surface area contributed by atoms with Crippen molar-refractivity contribution >= 4 is 40.0 Å². The van der Waals surface area contributed by atoms with Crippen LogP contribution in [0.1, 0.15) is 71.6 Å². The first-order chi connectivity index (χ1) is 20.1. The summed E-state index contributed by atoms with van der Waals surface area (Å²) in [7, 11) is 0. The Hall–Kier alpha value is -5.51. The average Bonchev–Trinajstić information content (AvgIpc) is 3.44. The quantitative estimate of drug-likeness (QED) is 0.155. The van der Waals surface area contributed by atoms with Crippen molar-refractivity contribution in [2.45, 2.75) is 25.2 Å². The van der Waals surface area contributed by atoms with E-state index in [0.29, 0.717) is 16.6 Å². The number of aromatic amines is 1. The summed E-state index contributed by atoms with van der Waals surface area (Å²) in [5.41, 5.74) is -4.48. The molecular weight excluding hydrogens is 542 g/mol. The number of hydrogen-bond donors (Lipinski definition) is 4. The molecule has 6 rings (SSSR count). The lowest BCUT2D eigenvalue weighted by molar-refractivity contribution is 0.0790. The zero-order chi connectivity index (χ0) is 30.1. The average molecular weight is 566 g/mol. The van der Waals surface area contributed by atoms with Crippen LogP contribution in [-0.4, -0.2) is 50.0 Å². The molecule has 1 atom stereocenters. The van der Waals surface area contributed by atoms with Gasteiger partial charge in [0.25, 0.3) is 5.56 Å². The van der Waals surface area contributed by atoms with Crippen LogP contribution in [0.15, 0.2) is 59.6 Å². The SMILES string of the molecule is C=CCOC1=CC(=O)c2c(O)c3c(c(O)c2C1=O)C(=O)[C@]1(CCc2cc4cc(/C=C/C=C/C)[nH]c(=O)c4c(O)c21)C3=O. The van der Waals surface area contributed by atoms with E-state index in [-0.39, 0.29) is 30.4 Å². The second kappa shape index (κ2) is 9.27. The Labute approximate surface area is 237 Å². The number of H-pyrrole nitrogens is 1. The van der Waals surface area contributed by atoms with E-state index in [2.05, 4.69) is 11.6 Å². The molecule has 0 amide bonds. The number of aromatic nitrogens is 1. The van der Waals surface area contributed by atoms with Gasteiger partial charge in [0.2, 0.25) is 5.78 Å². The fourth-order valence-electron chi connectivity index (χ4n) is 6.22. The molecule has 3 aromatic rings. The lowest BCUT2D eigenvalue weighted by Crippen LogP contribution is -2.36. The molecule has 0 aliphatic heterocycles. The Balaban J connectivity index is 1.56. The van der Waals surface area contributed by atoms with Crippen molar-refractivity contribution < 1.29 is 39.2 Å². The highest BCUT2D eigenvalue weighted by Gasteiger charge is 2.61. The molecule has 0 saturated heterocycles. The zero-order valence-electron chi connectivity index (χ0n) is 22.2. The maximum absolute atomic E-state index is 14.1. The van der Waals surface area contributed by atoms with E-state index < -0.39 is 79.4 Å². The van der Waals surface area contributed by atoms with Crippen LogP contribution in [0.5, 0.6) is 17.2 Å². The summed E-state index contributed by atoms with van der Waals surface area (Å²) in [4.78, 5) is 70.0. The van der Waals surface area contributed by atoms with Crippen LogP contribution in [0.3, 0.4) is 0 Å². The number of nitrogens with one attached hydrogen (secondary N) is 1. The van der Waals surface area contributed by atoms with Gasteiger partial charge in [-0.3, -0.25) is 24.0 Å². The topological polar surface area (TPSA) is 171 Å². The number of hydrogen-bond acceptors (Lipinski definition) is 9. The van der Waals surface area contributed by atoms with E-state index in [1.165, 1.54) is 6.08 Å². The van der Waals surface area contributed by atoms with Gasteiger partial charge in [0.15, 0.2) is 23.1 Å². The molecule has 1 aromatic heterocycles. The third-order valence-electron chi connectivity index (χ3n) is 7.98. The number of ketones is 4. The van der Waals surface area contributed by atoms with Gasteiger partial charge >= 0.3 is 0 Å². The molecule has 0 fully saturated rings. The lowest BCUT2D eigenvalue weighted by Gasteiger charge is -2.22. The number of fused-ring (bicyclic) bond motifs is 5. The highest BCUT2D eigenvalue weighted by atomic mass is 16.5. The van der Waals surface area contributed by atoms with Gasteiger partial charge in [0, 0.05) is 17.3 Å². The van der Waals surface area contributed by atoms with Gasteiger partial charge in [-0.05, 0) is 42.9 Å². The largest absolute Gasteiger partial charge is 0.507 e. The van der Waals surface area contributed by atoms with Crippen molar-refractivity contribution in [2.24, 2.45) is 0 Å². The number of carbonyl (C=O) groups excluding carboxylic acids is 4. The van der Waals surface area contributed by atoms with Crippen molar-refractivity contribution in [3.8, 4) is 17.2 Å². The Kier molecular flexibility index (Phi) is 5.89. The molecular formula is C32H23NO9. The minimum absolute atomic E-state index is 0.105. The number of Topliss-reactive ketones (excluding diaryl/α,β-unsaturated/α-hetero) is 3. The summed E-state index contributed by atoms with van der Waals surface area (Å²) in [6.07, 6.45) is 9.16. The van der Waals surface area contributed by atoms with Crippen LogP contribution in [0.2, 0.25) is 0 Å². The highest BCUT2D eigenvalue weighted by Crippen LogP contribution is 2.57. The Morgan fingerprint density at radius 1 is 0.952 bits per heavy atom. The van der Waals surface area contributed by atoms with Crippen LogP contribution in [0.4, 0.5) is 0 Å². The van der Waals surface area contributed by atoms with Crippen molar-refractivity contribution in [3.05, 3.63) is 104 Å². The van der Waals surface area contributed by atoms with Gasteiger partial charge in [-0.2, -0.15) is 0 Å². The summed E-state index contributed by atoms with van der Waals surface area (Å²) in [5.74, 6) is -6.65. The molecule has 10 nitrogen and oxygen atoms in total. The predicted octanol–water partition coefficient (Wildman–Crippen LogP) is 3.96. The van der Waals surface area contributed by atoms with Gasteiger partial charge < -0.3 is 25.0 Å². The van der Waals surface area contributed by atoms with E-state index in [0.717, 1.165) is 6.08 Å². The number of allylic oxidation sites excluding steroid dienone is 5. The molecule has 0 radical (unpaired) electrons. The van der Waals surface area contributed by atoms with Gasteiger partial charge in [-0.1, -0.05) is 36.9 Å². The summed E-state index contributed by atoms with van der Waals surface area (Å²) < 4.78 is 5.23. The molecule has 0 bridgehead atoms. The monoisotopic (exact) mass is 565 g/mol. The highest BCUT2D eigenvalue weighted by molar-refractivity contribution is 6.38. The van der Waals surface area contributed by atoms with E-state index in [4.69, 9.17) is 4.74 Å². The fraction of sp³-hybridized carbons (Fsp3) is 0.156. The van der Waals surface area contributed by atoms with Crippen LogP contribution >= 0.6 is 0 Å². The minimum Gasteiger partial charge on any atom is -0.507 e.